The number of hydrogen-bond donors (Lipinski definition) is 1. The number of ether oxygens (including phenoxy) is 1. The molecule has 1 N–H and O–H groups in total. The molecule has 0 saturated carbocycles. The van der Waals surface area contributed by atoms with Crippen LogP contribution in [0.4, 0.5) is 0 Å². The van der Waals surface area contributed by atoms with Crippen molar-refractivity contribution in [2.75, 3.05) is 30.1 Å². The van der Waals surface area contributed by atoms with Crippen LogP contribution in [-0.2, 0) is 29.5 Å². The number of sulfone groups is 3. The first-order valence-electron chi connectivity index (χ1n) is 8.91. The fourth-order valence-electron chi connectivity index (χ4n) is 3.96. The monoisotopic (exact) mass is 451 g/mol. The molecule has 3 atom stereocenters. The third-order valence-electron chi connectivity index (χ3n) is 5.38. The van der Waals surface area contributed by atoms with Crippen molar-refractivity contribution in [2.24, 2.45) is 0 Å². The van der Waals surface area contributed by atoms with E-state index < -0.39 is 52.6 Å². The molecule has 0 bridgehead atoms. The van der Waals surface area contributed by atoms with Crippen LogP contribution >= 0.6 is 0 Å². The van der Waals surface area contributed by atoms with Gasteiger partial charge in [0.05, 0.1) is 40.3 Å². The van der Waals surface area contributed by atoms with Crippen LogP contribution in [0, 0.1) is 13.8 Å². The summed E-state index contributed by atoms with van der Waals surface area (Å²) in [6.45, 7) is 3.37. The van der Waals surface area contributed by atoms with Gasteiger partial charge in [-0.05, 0) is 43.5 Å². The molecular formula is C17H25NO7S3. The van der Waals surface area contributed by atoms with Crippen LogP contribution in [-0.4, -0.2) is 72.7 Å². The summed E-state index contributed by atoms with van der Waals surface area (Å²) in [5.74, 6) is -0.310. The quantitative estimate of drug-likeness (QED) is 0.665. The van der Waals surface area contributed by atoms with Crippen LogP contribution in [0.2, 0.25) is 0 Å². The van der Waals surface area contributed by atoms with Gasteiger partial charge in [-0.15, -0.1) is 0 Å². The smallest absolute Gasteiger partial charge is 0.184 e. The number of rotatable bonds is 5. The molecule has 1 aromatic carbocycles. The highest BCUT2D eigenvalue weighted by Gasteiger charge is 2.47. The van der Waals surface area contributed by atoms with Crippen molar-refractivity contribution >= 4 is 29.5 Å². The zero-order valence-corrected chi connectivity index (χ0v) is 18.5. The minimum atomic E-state index is -3.95. The Morgan fingerprint density at radius 3 is 2.25 bits per heavy atom. The van der Waals surface area contributed by atoms with E-state index in [9.17, 15) is 25.3 Å². The molecule has 2 saturated heterocycles. The molecule has 0 amide bonds. The van der Waals surface area contributed by atoms with E-state index in [1.807, 2.05) is 0 Å². The topological polar surface area (TPSA) is 124 Å². The average Bonchev–Trinajstić information content (AvgIpc) is 3.07. The van der Waals surface area contributed by atoms with E-state index in [2.05, 4.69) is 5.32 Å². The molecule has 1 unspecified atom stereocenters. The Balaban J connectivity index is 1.96. The lowest BCUT2D eigenvalue weighted by molar-refractivity contribution is 0.411. The number of methoxy groups -OCH3 is 1. The van der Waals surface area contributed by atoms with E-state index in [0.29, 0.717) is 23.3 Å². The fraction of sp³-hybridized carbons (Fsp3) is 0.647. The minimum Gasteiger partial charge on any atom is -0.496 e. The Labute approximate surface area is 166 Å². The van der Waals surface area contributed by atoms with Gasteiger partial charge in [-0.1, -0.05) is 0 Å². The van der Waals surface area contributed by atoms with E-state index in [-0.39, 0.29) is 22.2 Å². The Morgan fingerprint density at radius 2 is 1.68 bits per heavy atom. The second-order valence-electron chi connectivity index (χ2n) is 7.62. The summed E-state index contributed by atoms with van der Waals surface area (Å²) in [6.07, 6.45) is 0.353. The highest BCUT2D eigenvalue weighted by molar-refractivity contribution is 7.96. The second-order valence-corrected chi connectivity index (χ2v) is 14.1. The Kier molecular flexibility index (Phi) is 5.59. The van der Waals surface area contributed by atoms with Gasteiger partial charge in [0, 0.05) is 12.1 Å². The number of benzene rings is 1. The van der Waals surface area contributed by atoms with Crippen LogP contribution in [0.15, 0.2) is 17.0 Å². The molecule has 2 fully saturated rings. The van der Waals surface area contributed by atoms with Crippen LogP contribution in [0.1, 0.15) is 17.5 Å². The summed E-state index contributed by atoms with van der Waals surface area (Å²) in [6, 6.07) is 1.86. The van der Waals surface area contributed by atoms with Crippen LogP contribution < -0.4 is 10.1 Å². The van der Waals surface area contributed by atoms with Gasteiger partial charge in [0.1, 0.15) is 5.75 Å². The molecule has 0 aromatic heterocycles. The summed E-state index contributed by atoms with van der Waals surface area (Å²) < 4.78 is 79.8. The van der Waals surface area contributed by atoms with Crippen molar-refractivity contribution in [3.05, 3.63) is 23.3 Å². The normalized spacial score (nSPS) is 29.0. The minimum absolute atomic E-state index is 0.0261. The van der Waals surface area contributed by atoms with Crippen molar-refractivity contribution < 1.29 is 30.0 Å². The Hall–Kier alpha value is -1.17. The molecule has 2 aliphatic rings. The van der Waals surface area contributed by atoms with Gasteiger partial charge < -0.3 is 10.1 Å². The third kappa shape index (κ3) is 4.22. The van der Waals surface area contributed by atoms with Crippen molar-refractivity contribution in [3.8, 4) is 5.75 Å². The predicted molar refractivity (Wildman–Crippen MR) is 106 cm³/mol. The van der Waals surface area contributed by atoms with Crippen molar-refractivity contribution in [2.45, 2.75) is 42.5 Å². The summed E-state index contributed by atoms with van der Waals surface area (Å²) in [4.78, 5) is 0.0822. The van der Waals surface area contributed by atoms with Gasteiger partial charge in [-0.25, -0.2) is 25.3 Å². The maximum atomic E-state index is 13.3. The first kappa shape index (κ1) is 21.5. The largest absolute Gasteiger partial charge is 0.496 e. The average molecular weight is 452 g/mol. The third-order valence-corrected chi connectivity index (χ3v) is 11.4. The second kappa shape index (κ2) is 7.26. The molecule has 8 nitrogen and oxygen atoms in total. The molecule has 0 radical (unpaired) electrons. The highest BCUT2D eigenvalue weighted by Crippen LogP contribution is 2.32. The fourth-order valence-corrected chi connectivity index (χ4v) is 10.6. The zero-order chi connectivity index (χ0) is 20.9. The van der Waals surface area contributed by atoms with Crippen molar-refractivity contribution in [1.82, 2.24) is 5.32 Å². The van der Waals surface area contributed by atoms with Crippen molar-refractivity contribution in [1.29, 1.82) is 0 Å². The lowest BCUT2D eigenvalue weighted by Gasteiger charge is -2.24. The lowest BCUT2D eigenvalue weighted by Crippen LogP contribution is -2.48. The van der Waals surface area contributed by atoms with Gasteiger partial charge in [0.25, 0.3) is 0 Å². The molecule has 158 valence electrons. The van der Waals surface area contributed by atoms with Gasteiger partial charge in [-0.3, -0.25) is 0 Å². The van der Waals surface area contributed by atoms with E-state index in [4.69, 9.17) is 4.74 Å². The Morgan fingerprint density at radius 1 is 1.00 bits per heavy atom. The lowest BCUT2D eigenvalue weighted by atomic mass is 10.1. The number of nitrogens with one attached hydrogen (secondary N) is 1. The van der Waals surface area contributed by atoms with Crippen LogP contribution in [0.5, 0.6) is 5.75 Å². The zero-order valence-electron chi connectivity index (χ0n) is 16.0. The summed E-state index contributed by atoms with van der Waals surface area (Å²) >= 11 is 0. The molecule has 2 aliphatic heterocycles. The standard InChI is InChI=1S/C17H25NO7S3/c1-11-7-16(12(2)6-15(11)25-3)28(23,24)17-10-27(21,22)9-14(17)18-13-4-5-26(19,20)8-13/h6-7,13-14,17-18H,4-5,8-10H2,1-3H3/t13?,14-,17-/m0/s1. The van der Waals surface area contributed by atoms with Crippen LogP contribution in [0.3, 0.4) is 0 Å². The molecule has 1 aromatic rings. The van der Waals surface area contributed by atoms with Gasteiger partial charge in [0.15, 0.2) is 29.5 Å². The molecule has 11 heteroatoms. The van der Waals surface area contributed by atoms with Crippen molar-refractivity contribution in [3.63, 3.8) is 0 Å². The summed E-state index contributed by atoms with van der Waals surface area (Å²) in [5, 5.41) is 1.85. The van der Waals surface area contributed by atoms with Gasteiger partial charge >= 0.3 is 0 Å². The van der Waals surface area contributed by atoms with Crippen LogP contribution in [0.25, 0.3) is 0 Å². The molecule has 28 heavy (non-hydrogen) atoms. The van der Waals surface area contributed by atoms with E-state index >= 15 is 0 Å². The molecule has 3 rings (SSSR count). The SMILES string of the molecule is COc1cc(C)c(S(=O)(=O)[C@H]2CS(=O)(=O)C[C@@H]2NC2CCS(=O)(=O)C2)cc1C. The molecule has 0 spiro atoms. The summed E-state index contributed by atoms with van der Waals surface area (Å²) in [7, 11) is -9.18. The Bertz CT molecular complexity index is 1090. The first-order chi connectivity index (χ1) is 12.8. The maximum Gasteiger partial charge on any atom is 0.184 e. The predicted octanol–water partition coefficient (Wildman–Crippen LogP) is 0.0280. The number of hydrogen-bond acceptors (Lipinski definition) is 8. The van der Waals surface area contributed by atoms with E-state index in [0.717, 1.165) is 0 Å². The highest BCUT2D eigenvalue weighted by atomic mass is 32.2. The summed E-state index contributed by atoms with van der Waals surface area (Å²) in [5.41, 5.74) is 1.12. The molecule has 2 heterocycles. The molecular weight excluding hydrogens is 426 g/mol. The van der Waals surface area contributed by atoms with E-state index in [1.54, 1.807) is 19.9 Å². The van der Waals surface area contributed by atoms with E-state index in [1.165, 1.54) is 13.2 Å². The molecule has 0 aliphatic carbocycles. The van der Waals surface area contributed by atoms with Gasteiger partial charge in [0.2, 0.25) is 0 Å². The first-order valence-corrected chi connectivity index (χ1v) is 14.1. The maximum absolute atomic E-state index is 13.3. The van der Waals surface area contributed by atoms with Gasteiger partial charge in [-0.2, -0.15) is 0 Å². The number of aryl methyl sites for hydroxylation is 2.